The van der Waals surface area contributed by atoms with Crippen LogP contribution in [0.25, 0.3) is 10.1 Å². The number of rotatable bonds is 9. The van der Waals surface area contributed by atoms with Crippen LogP contribution < -0.4 is 10.1 Å². The molecule has 1 aliphatic rings. The largest absolute Gasteiger partial charge is 0.491 e. The number of nitrogens with one attached hydrogen (secondary N) is 1. The van der Waals surface area contributed by atoms with Crippen molar-refractivity contribution in [2.24, 2.45) is 0 Å². The van der Waals surface area contributed by atoms with Crippen molar-refractivity contribution in [1.82, 2.24) is 10.2 Å². The maximum absolute atomic E-state index is 10.4. The van der Waals surface area contributed by atoms with Crippen molar-refractivity contribution in [2.75, 3.05) is 37.7 Å². The molecule has 6 heteroatoms. The van der Waals surface area contributed by atoms with E-state index in [4.69, 9.17) is 4.74 Å². The molecule has 0 amide bonds. The van der Waals surface area contributed by atoms with E-state index in [2.05, 4.69) is 46.6 Å². The van der Waals surface area contributed by atoms with E-state index in [1.54, 1.807) is 0 Å². The highest BCUT2D eigenvalue weighted by molar-refractivity contribution is 7.99. The van der Waals surface area contributed by atoms with Crippen molar-refractivity contribution in [3.63, 3.8) is 0 Å². The van der Waals surface area contributed by atoms with Crippen molar-refractivity contribution in [1.29, 1.82) is 0 Å². The van der Waals surface area contributed by atoms with Gasteiger partial charge >= 0.3 is 0 Å². The molecule has 1 fully saturated rings. The Kier molecular flexibility index (Phi) is 7.46. The number of thioether (sulfide) groups is 1. The van der Waals surface area contributed by atoms with Crippen LogP contribution in [0.1, 0.15) is 10.4 Å². The average molecular weight is 429 g/mol. The molecule has 4 nitrogen and oxygen atoms in total. The van der Waals surface area contributed by atoms with E-state index >= 15 is 0 Å². The highest BCUT2D eigenvalue weighted by Gasteiger charge is 2.15. The third-order valence-corrected chi connectivity index (χ3v) is 7.13. The zero-order chi connectivity index (χ0) is 19.9. The first-order chi connectivity index (χ1) is 14.3. The number of ether oxygens (including phenoxy) is 1. The Labute approximate surface area is 180 Å². The lowest BCUT2D eigenvalue weighted by Gasteiger charge is -2.28. The summed E-state index contributed by atoms with van der Waals surface area (Å²) < 4.78 is 7.30. The second-order valence-electron chi connectivity index (χ2n) is 7.34. The number of hydrogen-bond donors (Lipinski definition) is 2. The van der Waals surface area contributed by atoms with Crippen LogP contribution in [-0.4, -0.2) is 53.9 Å². The van der Waals surface area contributed by atoms with Gasteiger partial charge in [-0.05, 0) is 23.6 Å². The van der Waals surface area contributed by atoms with Gasteiger partial charge in [-0.3, -0.25) is 4.90 Å². The molecule has 1 aliphatic heterocycles. The second kappa shape index (κ2) is 10.5. The monoisotopic (exact) mass is 428 g/mol. The molecule has 2 N–H and O–H groups in total. The molecule has 0 radical (unpaired) electrons. The third-order valence-electron chi connectivity index (χ3n) is 5.07. The summed E-state index contributed by atoms with van der Waals surface area (Å²) in [7, 11) is 0. The fourth-order valence-electron chi connectivity index (χ4n) is 3.56. The van der Waals surface area contributed by atoms with Gasteiger partial charge in [-0.2, -0.15) is 11.8 Å². The lowest BCUT2D eigenvalue weighted by atomic mass is 10.2. The van der Waals surface area contributed by atoms with Crippen LogP contribution in [0.5, 0.6) is 5.75 Å². The van der Waals surface area contributed by atoms with E-state index in [-0.39, 0.29) is 0 Å². The molecule has 0 saturated carbocycles. The Bertz CT molecular complexity index is 876. The van der Waals surface area contributed by atoms with E-state index < -0.39 is 6.10 Å². The van der Waals surface area contributed by atoms with Crippen molar-refractivity contribution >= 4 is 33.2 Å². The number of fused-ring (bicyclic) bond motifs is 1. The average Bonchev–Trinajstić information content (AvgIpc) is 3.16. The molecular weight excluding hydrogens is 400 g/mol. The van der Waals surface area contributed by atoms with Crippen molar-refractivity contribution in [3.05, 3.63) is 65.0 Å². The van der Waals surface area contributed by atoms with Crippen molar-refractivity contribution in [3.8, 4) is 5.75 Å². The molecular formula is C23H28N2O2S2. The molecule has 154 valence electrons. The summed E-state index contributed by atoms with van der Waals surface area (Å²) in [6.45, 7) is 4.71. The van der Waals surface area contributed by atoms with Crippen LogP contribution in [0.2, 0.25) is 0 Å². The lowest BCUT2D eigenvalue weighted by Crippen LogP contribution is -2.40. The van der Waals surface area contributed by atoms with Gasteiger partial charge < -0.3 is 15.2 Å². The summed E-state index contributed by atoms with van der Waals surface area (Å²) in [6.07, 6.45) is -0.460. The molecule has 0 aliphatic carbocycles. The summed E-state index contributed by atoms with van der Waals surface area (Å²) in [5.41, 5.74) is 1.12. The fourth-order valence-corrected chi connectivity index (χ4v) is 5.57. The van der Waals surface area contributed by atoms with Gasteiger partial charge in [0.2, 0.25) is 0 Å². The quantitative estimate of drug-likeness (QED) is 0.540. The van der Waals surface area contributed by atoms with Crippen molar-refractivity contribution < 1.29 is 9.84 Å². The SMILES string of the molecule is O[C@@H](COc1ccccc1CNCc1cc2ccccc2s1)CN1CCSCC1. The van der Waals surface area contributed by atoms with Gasteiger partial charge in [0, 0.05) is 59.4 Å². The molecule has 1 saturated heterocycles. The van der Waals surface area contributed by atoms with Gasteiger partial charge in [0.05, 0.1) is 0 Å². The highest BCUT2D eigenvalue weighted by Crippen LogP contribution is 2.25. The standard InChI is InChI=1S/C23H28N2O2S2/c26-20(16-25-9-11-28-12-10-25)17-27-22-7-3-1-6-19(22)14-24-15-21-13-18-5-2-4-8-23(18)29-21/h1-8,13,20,24,26H,9-12,14-17H2/t20-/m1/s1. The van der Waals surface area contributed by atoms with Crippen LogP contribution in [0.4, 0.5) is 0 Å². The Morgan fingerprint density at radius 3 is 2.69 bits per heavy atom. The van der Waals surface area contributed by atoms with Crippen LogP contribution in [-0.2, 0) is 13.1 Å². The van der Waals surface area contributed by atoms with Crippen LogP contribution in [0, 0.1) is 0 Å². The van der Waals surface area contributed by atoms with E-state index in [1.165, 1.54) is 15.0 Å². The highest BCUT2D eigenvalue weighted by atomic mass is 32.2. The second-order valence-corrected chi connectivity index (χ2v) is 9.73. The minimum atomic E-state index is -0.460. The molecule has 0 spiro atoms. The maximum Gasteiger partial charge on any atom is 0.123 e. The predicted octanol–water partition coefficient (Wildman–Crippen LogP) is 3.98. The topological polar surface area (TPSA) is 44.7 Å². The number of β-amino-alcohol motifs (C(OH)–C–C–N with tert-alkyl or cyclic N) is 1. The van der Waals surface area contributed by atoms with Crippen LogP contribution in [0.3, 0.4) is 0 Å². The Balaban J connectivity index is 1.27. The predicted molar refractivity (Wildman–Crippen MR) is 124 cm³/mol. The molecule has 1 atom stereocenters. The first kappa shape index (κ1) is 20.7. The van der Waals surface area contributed by atoms with Gasteiger partial charge in [-0.1, -0.05) is 36.4 Å². The summed E-state index contributed by atoms with van der Waals surface area (Å²) in [6, 6.07) is 18.8. The van der Waals surface area contributed by atoms with E-state index in [1.807, 2.05) is 41.3 Å². The maximum atomic E-state index is 10.4. The molecule has 2 heterocycles. The number of aliphatic hydroxyl groups is 1. The normalized spacial score (nSPS) is 16.2. The summed E-state index contributed by atoms with van der Waals surface area (Å²) >= 11 is 3.82. The minimum Gasteiger partial charge on any atom is -0.491 e. The third kappa shape index (κ3) is 5.96. The van der Waals surface area contributed by atoms with Gasteiger partial charge in [-0.15, -0.1) is 11.3 Å². The zero-order valence-corrected chi connectivity index (χ0v) is 18.2. The molecule has 4 rings (SSSR count). The van der Waals surface area contributed by atoms with Crippen LogP contribution in [0.15, 0.2) is 54.6 Å². The van der Waals surface area contributed by atoms with E-state index in [0.29, 0.717) is 13.2 Å². The van der Waals surface area contributed by atoms with E-state index in [0.717, 1.165) is 49.0 Å². The Morgan fingerprint density at radius 1 is 1.03 bits per heavy atom. The number of thiophene rings is 1. The summed E-state index contributed by atoms with van der Waals surface area (Å²) in [5.74, 6) is 3.16. The van der Waals surface area contributed by atoms with Crippen LogP contribution >= 0.6 is 23.1 Å². The molecule has 0 bridgehead atoms. The molecule has 0 unspecified atom stereocenters. The Morgan fingerprint density at radius 2 is 1.83 bits per heavy atom. The zero-order valence-electron chi connectivity index (χ0n) is 16.5. The fraction of sp³-hybridized carbons (Fsp3) is 0.391. The molecule has 2 aromatic carbocycles. The smallest absolute Gasteiger partial charge is 0.123 e. The minimum absolute atomic E-state index is 0.330. The van der Waals surface area contributed by atoms with Crippen molar-refractivity contribution in [2.45, 2.75) is 19.2 Å². The molecule has 1 aromatic heterocycles. The molecule has 3 aromatic rings. The van der Waals surface area contributed by atoms with Gasteiger partial charge in [0.1, 0.15) is 18.5 Å². The van der Waals surface area contributed by atoms with Gasteiger partial charge in [0.15, 0.2) is 0 Å². The lowest BCUT2D eigenvalue weighted by molar-refractivity contribution is 0.0711. The van der Waals surface area contributed by atoms with Gasteiger partial charge in [-0.25, -0.2) is 0 Å². The number of hydrogen-bond acceptors (Lipinski definition) is 6. The van der Waals surface area contributed by atoms with Gasteiger partial charge in [0.25, 0.3) is 0 Å². The van der Waals surface area contributed by atoms with E-state index in [9.17, 15) is 5.11 Å². The number of para-hydroxylation sites is 1. The summed E-state index contributed by atoms with van der Waals surface area (Å²) in [5, 5.41) is 15.2. The number of aliphatic hydroxyl groups excluding tert-OH is 1. The first-order valence-electron chi connectivity index (χ1n) is 10.1. The number of benzene rings is 2. The molecule has 29 heavy (non-hydrogen) atoms. The Hall–Kier alpha value is -1.57. The first-order valence-corrected chi connectivity index (χ1v) is 12.1. The summed E-state index contributed by atoms with van der Waals surface area (Å²) in [4.78, 5) is 3.66. The number of nitrogens with zero attached hydrogens (tertiary/aromatic N) is 1.